The Labute approximate surface area is 109 Å². The van der Waals surface area contributed by atoms with Crippen molar-refractivity contribution in [2.75, 3.05) is 24.9 Å². The first-order chi connectivity index (χ1) is 7.53. The Balaban J connectivity index is 2.35. The molecule has 2 N–H and O–H groups in total. The Morgan fingerprint density at radius 2 is 2.06 bits per heavy atom. The number of aliphatic hydroxyl groups excluding tert-OH is 1. The highest BCUT2D eigenvalue weighted by Gasteiger charge is 2.63. The minimum Gasteiger partial charge on any atom is -0.394 e. The molecule has 2 fully saturated rings. The smallest absolute Gasteiger partial charge is 0.178 e. The summed E-state index contributed by atoms with van der Waals surface area (Å²) in [4.78, 5) is 0. The quantitative estimate of drug-likeness (QED) is 0.764. The highest BCUT2D eigenvalue weighted by molar-refractivity contribution is 8.33. The zero-order chi connectivity index (χ0) is 12.0. The second kappa shape index (κ2) is 4.55. The molecular formula is C10H18O3S3. The van der Waals surface area contributed by atoms with E-state index >= 15 is 0 Å². The molecule has 0 aliphatic carbocycles. The first kappa shape index (κ1) is 13.4. The first-order valence-electron chi connectivity index (χ1n) is 5.28. The molecule has 2 bridgehead atoms. The van der Waals surface area contributed by atoms with Crippen LogP contribution in [0.5, 0.6) is 0 Å². The molecule has 2 saturated heterocycles. The Kier molecular flexibility index (Phi) is 3.80. The van der Waals surface area contributed by atoms with E-state index in [4.69, 9.17) is 4.74 Å². The van der Waals surface area contributed by atoms with E-state index in [2.05, 4.69) is 12.5 Å². The summed E-state index contributed by atoms with van der Waals surface area (Å²) < 4.78 is 5.65. The monoisotopic (exact) mass is 282 g/mol. The van der Waals surface area contributed by atoms with Gasteiger partial charge in [-0.15, -0.1) is 35.3 Å². The third kappa shape index (κ3) is 1.73. The fraction of sp³-hybridized carbons (Fsp3) is 1.00. The normalized spacial score (nSPS) is 45.9. The number of ether oxygens (including phenoxy) is 1. The van der Waals surface area contributed by atoms with Gasteiger partial charge < -0.3 is 14.9 Å². The van der Waals surface area contributed by atoms with Crippen LogP contribution in [0.3, 0.4) is 0 Å². The van der Waals surface area contributed by atoms with Gasteiger partial charge in [-0.3, -0.25) is 0 Å². The van der Waals surface area contributed by atoms with Crippen molar-refractivity contribution in [2.24, 2.45) is 11.8 Å². The molecule has 0 amide bonds. The lowest BCUT2D eigenvalue weighted by atomic mass is 9.88. The van der Waals surface area contributed by atoms with Crippen LogP contribution in [0, 0.1) is 11.8 Å². The summed E-state index contributed by atoms with van der Waals surface area (Å²) in [5, 5.41) is 19.7. The molecule has 0 aromatic rings. The van der Waals surface area contributed by atoms with Gasteiger partial charge in [-0.25, -0.2) is 0 Å². The summed E-state index contributed by atoms with van der Waals surface area (Å²) >= 11 is 5.35. The molecule has 0 spiro atoms. The van der Waals surface area contributed by atoms with E-state index in [1.807, 2.05) is 6.92 Å². The topological polar surface area (TPSA) is 49.7 Å². The van der Waals surface area contributed by atoms with Gasteiger partial charge in [-0.2, -0.15) is 0 Å². The van der Waals surface area contributed by atoms with Gasteiger partial charge in [0.15, 0.2) is 5.79 Å². The zero-order valence-corrected chi connectivity index (χ0v) is 12.1. The number of fused-ring (bicyclic) bond motifs is 2. The molecule has 6 heteroatoms. The SMILES string of the molecule is CSC1(SC)SC[C@]2(O)O[C@H](CO)[C@@H]1C2C. The lowest BCUT2D eigenvalue weighted by Gasteiger charge is -2.44. The lowest BCUT2D eigenvalue weighted by molar-refractivity contribution is -0.196. The van der Waals surface area contributed by atoms with E-state index in [0.717, 1.165) is 0 Å². The summed E-state index contributed by atoms with van der Waals surface area (Å²) in [6.45, 7) is 2.02. The molecule has 0 saturated carbocycles. The van der Waals surface area contributed by atoms with Gasteiger partial charge >= 0.3 is 0 Å². The van der Waals surface area contributed by atoms with Gasteiger partial charge in [0.2, 0.25) is 0 Å². The van der Waals surface area contributed by atoms with Crippen LogP contribution in [-0.2, 0) is 4.74 Å². The van der Waals surface area contributed by atoms with Gasteiger partial charge in [0.05, 0.1) is 12.7 Å². The molecule has 0 aromatic heterocycles. The second-order valence-electron chi connectivity index (χ2n) is 4.30. The maximum absolute atomic E-state index is 10.3. The Morgan fingerprint density at radius 3 is 2.56 bits per heavy atom. The van der Waals surface area contributed by atoms with Crippen molar-refractivity contribution >= 4 is 35.3 Å². The first-order valence-corrected chi connectivity index (χ1v) is 8.72. The van der Waals surface area contributed by atoms with Crippen LogP contribution < -0.4 is 0 Å². The molecule has 2 heterocycles. The lowest BCUT2D eigenvalue weighted by Crippen LogP contribution is -2.47. The molecule has 94 valence electrons. The molecule has 2 aliphatic heterocycles. The van der Waals surface area contributed by atoms with Crippen molar-refractivity contribution in [2.45, 2.75) is 22.2 Å². The summed E-state index contributed by atoms with van der Waals surface area (Å²) in [6, 6.07) is 0. The number of aliphatic hydroxyl groups is 2. The predicted molar refractivity (Wildman–Crippen MR) is 71.8 cm³/mol. The summed E-state index contributed by atoms with van der Waals surface area (Å²) in [5.41, 5.74) is 0. The van der Waals surface area contributed by atoms with E-state index < -0.39 is 5.79 Å². The van der Waals surface area contributed by atoms with Crippen molar-refractivity contribution in [3.05, 3.63) is 0 Å². The van der Waals surface area contributed by atoms with Crippen LogP contribution in [0.1, 0.15) is 6.92 Å². The van der Waals surface area contributed by atoms with Crippen molar-refractivity contribution in [3.8, 4) is 0 Å². The molecule has 3 nitrogen and oxygen atoms in total. The number of thioether (sulfide) groups is 3. The van der Waals surface area contributed by atoms with Crippen molar-refractivity contribution in [1.82, 2.24) is 0 Å². The number of hydrogen-bond donors (Lipinski definition) is 2. The van der Waals surface area contributed by atoms with E-state index in [9.17, 15) is 10.2 Å². The summed E-state index contributed by atoms with van der Waals surface area (Å²) in [5.74, 6) is -0.197. The highest BCUT2D eigenvalue weighted by Crippen LogP contribution is 2.63. The molecule has 4 atom stereocenters. The maximum atomic E-state index is 10.3. The Bertz CT molecular complexity index is 272. The molecule has 0 radical (unpaired) electrons. The average Bonchev–Trinajstić information content (AvgIpc) is 2.48. The predicted octanol–water partition coefficient (Wildman–Crippen LogP) is 1.44. The van der Waals surface area contributed by atoms with Crippen LogP contribution in [0.25, 0.3) is 0 Å². The zero-order valence-electron chi connectivity index (χ0n) is 9.67. The van der Waals surface area contributed by atoms with Crippen molar-refractivity contribution in [1.29, 1.82) is 0 Å². The van der Waals surface area contributed by atoms with Crippen LogP contribution in [0.15, 0.2) is 0 Å². The Hall–Kier alpha value is 0.930. The average molecular weight is 282 g/mol. The summed E-state index contributed by atoms with van der Waals surface area (Å²) in [7, 11) is 0. The molecule has 2 rings (SSSR count). The second-order valence-corrected chi connectivity index (χ2v) is 8.40. The fourth-order valence-electron chi connectivity index (χ4n) is 2.67. The van der Waals surface area contributed by atoms with E-state index in [1.54, 1.807) is 35.3 Å². The fourth-order valence-corrected chi connectivity index (χ4v) is 7.18. The molecule has 1 unspecified atom stereocenters. The van der Waals surface area contributed by atoms with E-state index in [0.29, 0.717) is 5.75 Å². The van der Waals surface area contributed by atoms with Gasteiger partial charge in [-0.05, 0) is 12.5 Å². The van der Waals surface area contributed by atoms with Crippen LogP contribution in [0.4, 0.5) is 0 Å². The largest absolute Gasteiger partial charge is 0.394 e. The van der Waals surface area contributed by atoms with E-state index in [-0.39, 0.29) is 28.0 Å². The van der Waals surface area contributed by atoms with E-state index in [1.165, 1.54) is 0 Å². The number of hydrogen-bond acceptors (Lipinski definition) is 6. The van der Waals surface area contributed by atoms with Crippen LogP contribution >= 0.6 is 35.3 Å². The van der Waals surface area contributed by atoms with Gasteiger partial charge in [0, 0.05) is 17.6 Å². The van der Waals surface area contributed by atoms with Gasteiger partial charge in [0.25, 0.3) is 0 Å². The third-order valence-corrected chi connectivity index (χ3v) is 9.27. The van der Waals surface area contributed by atoms with Crippen molar-refractivity contribution in [3.63, 3.8) is 0 Å². The minimum atomic E-state index is -1.04. The molecule has 2 aliphatic rings. The summed E-state index contributed by atoms with van der Waals surface area (Å²) in [6.07, 6.45) is 3.94. The van der Waals surface area contributed by atoms with Crippen LogP contribution in [-0.4, -0.2) is 50.4 Å². The standard InChI is InChI=1S/C10H18O3S3/c1-6-8-7(4-11)13-9(6,12)5-16-10(8,14-2)15-3/h6-8,11-12H,4-5H2,1-3H3/t6?,7-,8+,9+/m1/s1. The molecule has 16 heavy (non-hydrogen) atoms. The minimum absolute atomic E-state index is 0.00442. The van der Waals surface area contributed by atoms with Gasteiger partial charge in [0.1, 0.15) is 3.41 Å². The van der Waals surface area contributed by atoms with Gasteiger partial charge in [-0.1, -0.05) is 6.92 Å². The van der Waals surface area contributed by atoms with Crippen molar-refractivity contribution < 1.29 is 14.9 Å². The molecule has 0 aromatic carbocycles. The number of rotatable bonds is 3. The highest BCUT2D eigenvalue weighted by atomic mass is 32.3. The van der Waals surface area contributed by atoms with Crippen LogP contribution in [0.2, 0.25) is 0 Å². The Morgan fingerprint density at radius 1 is 1.44 bits per heavy atom. The maximum Gasteiger partial charge on any atom is 0.178 e. The molecular weight excluding hydrogens is 264 g/mol. The third-order valence-electron chi connectivity index (χ3n) is 3.64.